The van der Waals surface area contributed by atoms with Gasteiger partial charge in [0.25, 0.3) is 5.91 Å². The molecule has 26 heavy (non-hydrogen) atoms. The molecule has 0 aliphatic heterocycles. The summed E-state index contributed by atoms with van der Waals surface area (Å²) in [5.41, 5.74) is 1.80. The second kappa shape index (κ2) is 10.3. The Morgan fingerprint density at radius 2 is 1.92 bits per heavy atom. The Morgan fingerprint density at radius 3 is 2.65 bits per heavy atom. The normalized spacial score (nSPS) is 10.2. The molecule has 4 nitrogen and oxygen atoms in total. The van der Waals surface area contributed by atoms with Crippen LogP contribution >= 0.6 is 35.0 Å². The lowest BCUT2D eigenvalue weighted by atomic mass is 10.1. The Balaban J connectivity index is 1.91. The highest BCUT2D eigenvalue weighted by Crippen LogP contribution is 2.25. The smallest absolute Gasteiger partial charge is 0.253 e. The van der Waals surface area contributed by atoms with E-state index in [0.717, 1.165) is 5.56 Å². The van der Waals surface area contributed by atoms with Crippen LogP contribution in [0.25, 0.3) is 0 Å². The van der Waals surface area contributed by atoms with Gasteiger partial charge in [-0.3, -0.25) is 9.59 Å². The SMILES string of the molecule is C=CCNC(=O)c1ccccc1NC(=O)CSCc1ccc(Cl)cc1Cl. The van der Waals surface area contributed by atoms with E-state index in [-0.39, 0.29) is 17.6 Å². The van der Waals surface area contributed by atoms with Crippen molar-refractivity contribution in [2.24, 2.45) is 0 Å². The van der Waals surface area contributed by atoms with E-state index in [9.17, 15) is 9.59 Å². The lowest BCUT2D eigenvalue weighted by molar-refractivity contribution is -0.113. The molecule has 0 unspecified atom stereocenters. The zero-order valence-corrected chi connectivity index (χ0v) is 16.3. The number of carbonyl (C=O) groups excluding carboxylic acids is 2. The molecule has 0 saturated carbocycles. The van der Waals surface area contributed by atoms with Crippen LogP contribution in [0.5, 0.6) is 0 Å². The maximum atomic E-state index is 12.2. The number of para-hydroxylation sites is 1. The molecule has 0 aliphatic rings. The third-order valence-electron chi connectivity index (χ3n) is 3.36. The molecule has 0 bridgehead atoms. The molecule has 0 aliphatic carbocycles. The summed E-state index contributed by atoms with van der Waals surface area (Å²) in [5.74, 6) is 0.373. The Kier molecular flexibility index (Phi) is 8.04. The van der Waals surface area contributed by atoms with Gasteiger partial charge in [-0.1, -0.05) is 47.5 Å². The predicted molar refractivity (Wildman–Crippen MR) is 110 cm³/mol. The first kappa shape index (κ1) is 20.4. The topological polar surface area (TPSA) is 58.2 Å². The molecule has 0 heterocycles. The van der Waals surface area contributed by atoms with E-state index in [0.29, 0.717) is 33.6 Å². The van der Waals surface area contributed by atoms with E-state index in [4.69, 9.17) is 23.2 Å². The van der Waals surface area contributed by atoms with E-state index < -0.39 is 0 Å². The average Bonchev–Trinajstić information content (AvgIpc) is 2.62. The average molecular weight is 409 g/mol. The zero-order chi connectivity index (χ0) is 18.9. The van der Waals surface area contributed by atoms with E-state index in [1.165, 1.54) is 11.8 Å². The maximum Gasteiger partial charge on any atom is 0.253 e. The van der Waals surface area contributed by atoms with Gasteiger partial charge in [-0.25, -0.2) is 0 Å². The molecule has 0 atom stereocenters. The largest absolute Gasteiger partial charge is 0.349 e. The van der Waals surface area contributed by atoms with E-state index >= 15 is 0 Å². The lowest BCUT2D eigenvalue weighted by Crippen LogP contribution is -2.25. The van der Waals surface area contributed by atoms with Crippen molar-refractivity contribution in [1.29, 1.82) is 0 Å². The van der Waals surface area contributed by atoms with Crippen molar-refractivity contribution in [3.05, 3.63) is 76.3 Å². The molecule has 2 aromatic carbocycles. The first-order valence-electron chi connectivity index (χ1n) is 7.81. The summed E-state index contributed by atoms with van der Waals surface area (Å²) in [5, 5.41) is 6.63. The molecule has 2 amide bonds. The summed E-state index contributed by atoms with van der Waals surface area (Å²) in [6.07, 6.45) is 1.59. The monoisotopic (exact) mass is 408 g/mol. The Morgan fingerprint density at radius 1 is 1.15 bits per heavy atom. The Hall–Kier alpha value is -1.95. The highest BCUT2D eigenvalue weighted by Gasteiger charge is 2.12. The van der Waals surface area contributed by atoms with Crippen LogP contribution in [-0.2, 0) is 10.5 Å². The first-order chi connectivity index (χ1) is 12.5. The number of benzene rings is 2. The van der Waals surface area contributed by atoms with Crippen LogP contribution in [0.4, 0.5) is 5.69 Å². The Labute approximate surface area is 167 Å². The predicted octanol–water partition coefficient (Wildman–Crippen LogP) is 4.78. The number of halogens is 2. The fourth-order valence-electron chi connectivity index (χ4n) is 2.13. The summed E-state index contributed by atoms with van der Waals surface area (Å²) in [6, 6.07) is 12.2. The van der Waals surface area contributed by atoms with Crippen LogP contribution in [-0.4, -0.2) is 24.1 Å². The van der Waals surface area contributed by atoms with Crippen molar-refractivity contribution in [3.8, 4) is 0 Å². The summed E-state index contributed by atoms with van der Waals surface area (Å²) in [7, 11) is 0. The molecule has 136 valence electrons. The van der Waals surface area contributed by atoms with Crippen molar-refractivity contribution in [1.82, 2.24) is 5.32 Å². The highest BCUT2D eigenvalue weighted by molar-refractivity contribution is 7.99. The quantitative estimate of drug-likeness (QED) is 0.617. The van der Waals surface area contributed by atoms with Crippen molar-refractivity contribution in [2.45, 2.75) is 5.75 Å². The Bertz CT molecular complexity index is 812. The summed E-state index contributed by atoms with van der Waals surface area (Å²) < 4.78 is 0. The fourth-order valence-corrected chi connectivity index (χ4v) is 3.51. The molecule has 0 spiro atoms. The number of nitrogens with one attached hydrogen (secondary N) is 2. The van der Waals surface area contributed by atoms with Crippen LogP contribution in [0.3, 0.4) is 0 Å². The zero-order valence-electron chi connectivity index (χ0n) is 13.9. The standard InChI is InChI=1S/C19H18Cl2N2O2S/c1-2-9-22-19(25)15-5-3-4-6-17(15)23-18(24)12-26-11-13-7-8-14(20)10-16(13)21/h2-8,10H,1,9,11-12H2,(H,22,25)(H,23,24). The number of rotatable bonds is 8. The number of carbonyl (C=O) groups is 2. The number of amides is 2. The molecule has 2 N–H and O–H groups in total. The number of hydrogen-bond donors (Lipinski definition) is 2. The van der Waals surface area contributed by atoms with E-state index in [1.807, 2.05) is 6.07 Å². The molecular formula is C19H18Cl2N2O2S. The minimum atomic E-state index is -0.263. The summed E-state index contributed by atoms with van der Waals surface area (Å²) >= 11 is 13.4. The van der Waals surface area contributed by atoms with E-state index in [1.54, 1.807) is 42.5 Å². The van der Waals surface area contributed by atoms with Crippen LogP contribution in [0.15, 0.2) is 55.1 Å². The molecule has 0 fully saturated rings. The van der Waals surface area contributed by atoms with Crippen molar-refractivity contribution in [3.63, 3.8) is 0 Å². The second-order valence-corrected chi connectivity index (χ2v) is 7.15. The van der Waals surface area contributed by atoms with Crippen molar-refractivity contribution >= 4 is 52.5 Å². The van der Waals surface area contributed by atoms with E-state index in [2.05, 4.69) is 17.2 Å². The van der Waals surface area contributed by atoms with Crippen molar-refractivity contribution < 1.29 is 9.59 Å². The summed E-state index contributed by atoms with van der Waals surface area (Å²) in [6.45, 7) is 3.92. The minimum Gasteiger partial charge on any atom is -0.349 e. The van der Waals surface area contributed by atoms with Crippen LogP contribution in [0.2, 0.25) is 10.0 Å². The first-order valence-corrected chi connectivity index (χ1v) is 9.72. The van der Waals surface area contributed by atoms with Crippen LogP contribution < -0.4 is 10.6 Å². The molecule has 0 aromatic heterocycles. The molecule has 0 saturated heterocycles. The van der Waals surface area contributed by atoms with Crippen molar-refractivity contribution in [2.75, 3.05) is 17.6 Å². The van der Waals surface area contributed by atoms with Gasteiger partial charge in [0, 0.05) is 22.3 Å². The maximum absolute atomic E-state index is 12.2. The van der Waals surface area contributed by atoms with Gasteiger partial charge in [-0.2, -0.15) is 0 Å². The lowest BCUT2D eigenvalue weighted by Gasteiger charge is -2.11. The van der Waals surface area contributed by atoms with Gasteiger partial charge >= 0.3 is 0 Å². The van der Waals surface area contributed by atoms with Gasteiger partial charge in [-0.15, -0.1) is 18.3 Å². The third-order valence-corrected chi connectivity index (χ3v) is 4.93. The molecular weight excluding hydrogens is 391 g/mol. The van der Waals surface area contributed by atoms with Gasteiger partial charge < -0.3 is 10.6 Å². The number of anilines is 1. The fraction of sp³-hybridized carbons (Fsp3) is 0.158. The number of thioether (sulfide) groups is 1. The van der Waals surface area contributed by atoms with Crippen LogP contribution in [0.1, 0.15) is 15.9 Å². The molecule has 2 rings (SSSR count). The van der Waals surface area contributed by atoms with Gasteiger partial charge in [0.15, 0.2) is 0 Å². The highest BCUT2D eigenvalue weighted by atomic mass is 35.5. The molecule has 7 heteroatoms. The molecule has 2 aromatic rings. The third kappa shape index (κ3) is 6.09. The van der Waals surface area contributed by atoms with Gasteiger partial charge in [-0.05, 0) is 29.8 Å². The van der Waals surface area contributed by atoms with Gasteiger partial charge in [0.2, 0.25) is 5.91 Å². The summed E-state index contributed by atoms with van der Waals surface area (Å²) in [4.78, 5) is 24.3. The van der Waals surface area contributed by atoms with Gasteiger partial charge in [0.05, 0.1) is 17.0 Å². The minimum absolute atomic E-state index is 0.191. The number of hydrogen-bond acceptors (Lipinski definition) is 3. The molecule has 0 radical (unpaired) electrons. The van der Waals surface area contributed by atoms with Crippen LogP contribution in [0, 0.1) is 0 Å². The van der Waals surface area contributed by atoms with Gasteiger partial charge in [0.1, 0.15) is 0 Å². The second-order valence-electron chi connectivity index (χ2n) is 5.32.